The van der Waals surface area contributed by atoms with Gasteiger partial charge in [0.15, 0.2) is 0 Å². The Bertz CT molecular complexity index is 1120. The molecule has 214 valence electrons. The van der Waals surface area contributed by atoms with Crippen LogP contribution < -0.4 is 15.4 Å². The number of hydrogen-bond acceptors (Lipinski definition) is 6. The van der Waals surface area contributed by atoms with E-state index in [4.69, 9.17) is 0 Å². The van der Waals surface area contributed by atoms with E-state index in [1.807, 2.05) is 83.5 Å². The monoisotopic (exact) mass is 550 g/mol. The largest absolute Gasteiger partial charge is 0.342 e. The third kappa shape index (κ3) is 8.94. The highest BCUT2D eigenvalue weighted by Gasteiger charge is 2.41. The highest BCUT2D eigenvalue weighted by atomic mass is 32.2. The topological polar surface area (TPSA) is 125 Å². The number of carbonyl (C=O) groups excluding carboxylic acids is 3. The molecule has 1 aromatic carbocycles. The Hall–Kier alpha value is -2.72. The molecule has 0 fully saturated rings. The number of nitrogens with zero attached hydrogens (tertiary/aromatic N) is 1. The summed E-state index contributed by atoms with van der Waals surface area (Å²) < 4.78 is 24.9. The van der Waals surface area contributed by atoms with Gasteiger partial charge in [0.1, 0.15) is 6.04 Å². The van der Waals surface area contributed by atoms with Crippen LogP contribution in [-0.4, -0.2) is 69.5 Å². The Kier molecular flexibility index (Phi) is 11.3. The summed E-state index contributed by atoms with van der Waals surface area (Å²) in [6, 6.07) is 7.73. The first-order chi connectivity index (χ1) is 17.2. The molecule has 1 rings (SSSR count). The summed E-state index contributed by atoms with van der Waals surface area (Å²) in [7, 11) is -0.379. The van der Waals surface area contributed by atoms with Gasteiger partial charge in [-0.3, -0.25) is 14.4 Å². The molecule has 0 bridgehead atoms. The van der Waals surface area contributed by atoms with E-state index in [0.717, 1.165) is 11.8 Å². The highest BCUT2D eigenvalue weighted by Crippen LogP contribution is 2.29. The molecular formula is C28H46N4O5S. The van der Waals surface area contributed by atoms with Crippen LogP contribution in [0.25, 0.3) is 0 Å². The molecule has 0 radical (unpaired) electrons. The lowest BCUT2D eigenvalue weighted by molar-refractivity contribution is -0.140. The molecule has 3 N–H and O–H groups in total. The molecule has 0 aliphatic carbocycles. The van der Waals surface area contributed by atoms with Crippen LogP contribution in [0.2, 0.25) is 0 Å². The summed E-state index contributed by atoms with van der Waals surface area (Å²) in [4.78, 5) is 41.3. The van der Waals surface area contributed by atoms with Crippen LogP contribution in [0.5, 0.6) is 0 Å². The summed E-state index contributed by atoms with van der Waals surface area (Å²) >= 11 is 0. The zero-order valence-corrected chi connectivity index (χ0v) is 25.5. The molecule has 1 aromatic rings. The second-order valence-corrected chi connectivity index (χ2v) is 13.6. The number of carbonyl (C=O) groups is 3. The highest BCUT2D eigenvalue weighted by molar-refractivity contribution is 7.89. The fourth-order valence-electron chi connectivity index (χ4n) is 4.41. The van der Waals surface area contributed by atoms with Gasteiger partial charge in [-0.15, -0.1) is 0 Å². The summed E-state index contributed by atoms with van der Waals surface area (Å²) in [5.41, 5.74) is -0.0300. The van der Waals surface area contributed by atoms with Crippen LogP contribution in [0, 0.1) is 11.3 Å². The molecule has 0 aromatic heterocycles. The zero-order valence-electron chi connectivity index (χ0n) is 24.7. The normalized spacial score (nSPS) is 15.4. The van der Waals surface area contributed by atoms with Crippen molar-refractivity contribution in [2.45, 2.75) is 78.9 Å². The molecule has 0 aliphatic rings. The minimum absolute atomic E-state index is 0.0941. The maximum Gasteiger partial charge on any atom is 0.260 e. The van der Waals surface area contributed by atoms with E-state index in [1.54, 1.807) is 20.2 Å². The van der Waals surface area contributed by atoms with Gasteiger partial charge in [0.25, 0.3) is 5.91 Å². The van der Waals surface area contributed by atoms with Crippen molar-refractivity contribution in [1.82, 2.24) is 20.3 Å². The van der Waals surface area contributed by atoms with Crippen LogP contribution in [0.4, 0.5) is 0 Å². The second-order valence-electron chi connectivity index (χ2n) is 11.9. The van der Waals surface area contributed by atoms with E-state index in [0.29, 0.717) is 0 Å². The molecule has 0 unspecified atom stereocenters. The van der Waals surface area contributed by atoms with Crippen molar-refractivity contribution in [3.05, 3.63) is 47.5 Å². The number of sulfonamides is 1. The first-order valence-corrected chi connectivity index (χ1v) is 14.6. The van der Waals surface area contributed by atoms with Crippen molar-refractivity contribution in [3.8, 4) is 0 Å². The van der Waals surface area contributed by atoms with Gasteiger partial charge in [0.05, 0.1) is 18.3 Å². The van der Waals surface area contributed by atoms with Crippen molar-refractivity contribution in [3.63, 3.8) is 0 Å². The quantitative estimate of drug-likeness (QED) is 0.364. The van der Waals surface area contributed by atoms with Crippen LogP contribution >= 0.6 is 0 Å². The van der Waals surface area contributed by atoms with Crippen molar-refractivity contribution in [2.24, 2.45) is 11.3 Å². The van der Waals surface area contributed by atoms with E-state index in [1.165, 1.54) is 11.8 Å². The Morgan fingerprint density at radius 3 is 1.92 bits per heavy atom. The molecule has 3 atom stereocenters. The fourth-order valence-corrected chi connectivity index (χ4v) is 4.91. The van der Waals surface area contributed by atoms with Crippen molar-refractivity contribution >= 4 is 27.7 Å². The molecule has 0 aliphatic heterocycles. The van der Waals surface area contributed by atoms with Crippen LogP contribution in [-0.2, 0) is 29.8 Å². The Balaban J connectivity index is 3.31. The van der Waals surface area contributed by atoms with Crippen LogP contribution in [0.3, 0.4) is 0 Å². The first kappa shape index (κ1) is 33.3. The number of rotatable bonds is 11. The number of likely N-dealkylation sites (N-methyl/N-ethyl adjacent to an activating group) is 2. The lowest BCUT2D eigenvalue weighted by atomic mass is 9.76. The van der Waals surface area contributed by atoms with E-state index >= 15 is 0 Å². The van der Waals surface area contributed by atoms with E-state index in [-0.39, 0.29) is 23.3 Å². The zero-order chi connectivity index (χ0) is 29.6. The average Bonchev–Trinajstić information content (AvgIpc) is 2.78. The lowest BCUT2D eigenvalue weighted by Crippen LogP contribution is -2.61. The Morgan fingerprint density at radius 2 is 1.50 bits per heavy atom. The van der Waals surface area contributed by atoms with Gasteiger partial charge in [-0.25, -0.2) is 13.1 Å². The summed E-state index contributed by atoms with van der Waals surface area (Å²) in [5, 5.41) is 6.12. The lowest BCUT2D eigenvalue weighted by Gasteiger charge is -2.40. The van der Waals surface area contributed by atoms with Gasteiger partial charge >= 0.3 is 0 Å². The Labute approximate surface area is 228 Å². The molecular weight excluding hydrogens is 504 g/mol. The number of amides is 3. The van der Waals surface area contributed by atoms with Gasteiger partial charge < -0.3 is 15.5 Å². The SMILES string of the molecule is CN[C@H](C(=O)N[C@H](C(=O)N(C)[C@H](/C=C(\C)C(=O)NS(C)(=O)=O)C(C)C)C(C)(C)C)C(C)(C)c1ccccc1. The van der Waals surface area contributed by atoms with Gasteiger partial charge in [0, 0.05) is 18.0 Å². The average molecular weight is 551 g/mol. The number of benzene rings is 1. The van der Waals surface area contributed by atoms with Crippen molar-refractivity contribution < 1.29 is 22.8 Å². The first-order valence-electron chi connectivity index (χ1n) is 12.7. The van der Waals surface area contributed by atoms with E-state index in [9.17, 15) is 22.8 Å². The minimum Gasteiger partial charge on any atom is -0.342 e. The van der Waals surface area contributed by atoms with Gasteiger partial charge in [-0.2, -0.15) is 0 Å². The molecule has 0 saturated carbocycles. The third-order valence-corrected chi connectivity index (χ3v) is 7.28. The van der Waals surface area contributed by atoms with E-state index in [2.05, 4.69) is 10.6 Å². The predicted molar refractivity (Wildman–Crippen MR) is 152 cm³/mol. The summed E-state index contributed by atoms with van der Waals surface area (Å²) in [5.74, 6) is -1.46. The van der Waals surface area contributed by atoms with Crippen LogP contribution in [0.15, 0.2) is 42.0 Å². The third-order valence-electron chi connectivity index (χ3n) is 6.72. The van der Waals surface area contributed by atoms with Gasteiger partial charge in [0.2, 0.25) is 21.8 Å². The summed E-state index contributed by atoms with van der Waals surface area (Å²) in [6.45, 7) is 14.9. The molecule has 3 amide bonds. The Morgan fingerprint density at radius 1 is 0.974 bits per heavy atom. The second kappa shape index (κ2) is 12.9. The van der Waals surface area contributed by atoms with Crippen molar-refractivity contribution in [1.29, 1.82) is 0 Å². The molecule has 9 nitrogen and oxygen atoms in total. The predicted octanol–water partition coefficient (Wildman–Crippen LogP) is 2.59. The standard InChI is InChI=1S/C28H46N4O5S/c1-18(2)21(17-19(3)24(33)31-38(11,36)37)32(10)26(35)23(27(4,5)6)30-25(34)22(29-9)28(7,8)20-15-13-12-14-16-20/h12-18,21-23,29H,1-11H3,(H,30,34)(H,31,33)/b19-17+/t21-,22-,23-/m1/s1. The number of hydrogen-bond donors (Lipinski definition) is 3. The van der Waals surface area contributed by atoms with Crippen LogP contribution in [0.1, 0.15) is 61.0 Å². The van der Waals surface area contributed by atoms with Gasteiger partial charge in [-0.05, 0) is 30.9 Å². The molecule has 38 heavy (non-hydrogen) atoms. The summed E-state index contributed by atoms with van der Waals surface area (Å²) in [6.07, 6.45) is 2.49. The fraction of sp³-hybridized carbons (Fsp3) is 0.607. The van der Waals surface area contributed by atoms with Crippen molar-refractivity contribution in [2.75, 3.05) is 20.4 Å². The smallest absolute Gasteiger partial charge is 0.260 e. The number of nitrogens with one attached hydrogen (secondary N) is 3. The molecule has 0 saturated heterocycles. The minimum atomic E-state index is -3.72. The maximum absolute atomic E-state index is 13.8. The van der Waals surface area contributed by atoms with E-state index < -0.39 is 44.9 Å². The molecule has 0 spiro atoms. The molecule has 0 heterocycles. The maximum atomic E-state index is 13.8. The van der Waals surface area contributed by atoms with Gasteiger partial charge in [-0.1, -0.05) is 84.9 Å². The molecule has 10 heteroatoms.